The molecular weight excluding hydrogens is 408 g/mol. The third-order valence-electron chi connectivity index (χ3n) is 10.2. The van der Waals surface area contributed by atoms with Gasteiger partial charge in [0.1, 0.15) is 6.10 Å². The lowest BCUT2D eigenvalue weighted by Gasteiger charge is -2.63. The van der Waals surface area contributed by atoms with Crippen molar-refractivity contribution < 1.29 is 24.2 Å². The van der Waals surface area contributed by atoms with Crippen LogP contribution in [0.5, 0.6) is 0 Å². The van der Waals surface area contributed by atoms with Crippen molar-refractivity contribution in [3.05, 3.63) is 34.4 Å². The van der Waals surface area contributed by atoms with Gasteiger partial charge in [-0.1, -0.05) is 13.8 Å². The van der Waals surface area contributed by atoms with E-state index >= 15 is 0 Å². The number of carbonyl (C=O) groups is 1. The molecule has 4 saturated carbocycles. The average molecular weight is 445 g/mol. The first-order valence-electron chi connectivity index (χ1n) is 12.2. The highest BCUT2D eigenvalue weighted by molar-refractivity contribution is 5.66. The highest BCUT2D eigenvalue weighted by Gasteiger charge is 2.70. The Morgan fingerprint density at radius 1 is 1.12 bits per heavy atom. The lowest BCUT2D eigenvalue weighted by Crippen LogP contribution is -2.62. The first kappa shape index (κ1) is 22.1. The van der Waals surface area contributed by atoms with E-state index in [1.165, 1.54) is 19.3 Å². The molecule has 0 radical (unpaired) electrons. The van der Waals surface area contributed by atoms with Gasteiger partial charge in [-0.25, -0.2) is 4.79 Å². The Hall–Kier alpha value is -1.66. The summed E-state index contributed by atoms with van der Waals surface area (Å²) in [5.74, 6) is 0.469. The molecule has 6 nitrogen and oxygen atoms in total. The van der Waals surface area contributed by atoms with Crippen molar-refractivity contribution in [1.29, 1.82) is 0 Å². The van der Waals surface area contributed by atoms with E-state index in [0.717, 1.165) is 50.5 Å². The molecule has 9 atom stereocenters. The van der Waals surface area contributed by atoms with Crippen LogP contribution in [0.15, 0.2) is 27.6 Å². The molecule has 0 amide bonds. The van der Waals surface area contributed by atoms with Crippen molar-refractivity contribution in [2.75, 3.05) is 0 Å². The second-order valence-electron chi connectivity index (χ2n) is 11.5. The highest BCUT2D eigenvalue weighted by Crippen LogP contribution is 2.70. The van der Waals surface area contributed by atoms with Crippen LogP contribution >= 0.6 is 0 Å². The number of hydrogen-bond acceptors (Lipinski definition) is 6. The Morgan fingerprint density at radius 2 is 1.91 bits per heavy atom. The minimum Gasteiger partial charge on any atom is -0.462 e. The number of fused-ring (bicyclic) bond motifs is 5. The van der Waals surface area contributed by atoms with E-state index < -0.39 is 22.7 Å². The summed E-state index contributed by atoms with van der Waals surface area (Å²) in [6.07, 6.45) is 7.78. The zero-order valence-corrected chi connectivity index (χ0v) is 19.4. The number of rotatable bonds is 2. The van der Waals surface area contributed by atoms with Gasteiger partial charge in [-0.15, -0.1) is 0 Å². The minimum atomic E-state index is -0.957. The van der Waals surface area contributed by atoms with Gasteiger partial charge in [0.2, 0.25) is 0 Å². The first-order valence-corrected chi connectivity index (χ1v) is 12.2. The van der Waals surface area contributed by atoms with Gasteiger partial charge < -0.3 is 19.4 Å². The number of ether oxygens (including phenoxy) is 1. The average Bonchev–Trinajstić information content (AvgIpc) is 2.95. The zero-order valence-electron chi connectivity index (χ0n) is 19.4. The van der Waals surface area contributed by atoms with Gasteiger partial charge in [0.15, 0.2) is 0 Å². The van der Waals surface area contributed by atoms with Crippen molar-refractivity contribution >= 4 is 5.97 Å². The molecule has 0 bridgehead atoms. The van der Waals surface area contributed by atoms with E-state index in [1.807, 2.05) is 0 Å². The predicted molar refractivity (Wildman–Crippen MR) is 118 cm³/mol. The minimum absolute atomic E-state index is 0.133. The number of aliphatic hydroxyl groups is 2. The molecule has 4 aliphatic rings. The molecule has 176 valence electrons. The largest absolute Gasteiger partial charge is 0.462 e. The highest BCUT2D eigenvalue weighted by atomic mass is 16.5. The second-order valence-corrected chi connectivity index (χ2v) is 11.5. The van der Waals surface area contributed by atoms with E-state index in [1.54, 1.807) is 6.07 Å². The van der Waals surface area contributed by atoms with Crippen molar-refractivity contribution in [1.82, 2.24) is 0 Å². The van der Waals surface area contributed by atoms with Crippen LogP contribution in [-0.2, 0) is 9.53 Å². The molecule has 5 rings (SSSR count). The topological polar surface area (TPSA) is 97.0 Å². The van der Waals surface area contributed by atoms with Gasteiger partial charge in [0.25, 0.3) is 0 Å². The monoisotopic (exact) mass is 444 g/mol. The van der Waals surface area contributed by atoms with Gasteiger partial charge in [-0.05, 0) is 79.7 Å². The van der Waals surface area contributed by atoms with Crippen molar-refractivity contribution in [3.8, 4) is 0 Å². The molecule has 0 aliphatic heterocycles. The Morgan fingerprint density at radius 3 is 2.59 bits per heavy atom. The van der Waals surface area contributed by atoms with Crippen molar-refractivity contribution in [2.45, 2.75) is 95.9 Å². The van der Waals surface area contributed by atoms with E-state index in [4.69, 9.17) is 9.15 Å². The summed E-state index contributed by atoms with van der Waals surface area (Å²) in [5, 5.41) is 22.7. The van der Waals surface area contributed by atoms with Crippen LogP contribution in [0.2, 0.25) is 0 Å². The molecule has 0 spiro atoms. The Balaban J connectivity index is 1.55. The van der Waals surface area contributed by atoms with Gasteiger partial charge >= 0.3 is 11.6 Å². The first-order chi connectivity index (χ1) is 15.1. The number of aliphatic hydroxyl groups excluding tert-OH is 1. The van der Waals surface area contributed by atoms with Crippen LogP contribution in [0.3, 0.4) is 0 Å². The van der Waals surface area contributed by atoms with Crippen molar-refractivity contribution in [3.63, 3.8) is 0 Å². The molecule has 1 unspecified atom stereocenters. The summed E-state index contributed by atoms with van der Waals surface area (Å²) in [6.45, 7) is 5.94. The van der Waals surface area contributed by atoms with Crippen LogP contribution in [-0.4, -0.2) is 34.0 Å². The van der Waals surface area contributed by atoms with Crippen LogP contribution in [0.4, 0.5) is 0 Å². The SMILES string of the molecule is CC(=O)O[C@H]1C[C@]2(O)[C@@H]3CC[C@@H]4C[C@@H](O)CC[C@]4(C)C3CC[C@]2(C)[C@H]1c1ccc(=O)oc1. The maximum Gasteiger partial charge on any atom is 0.335 e. The fourth-order valence-electron chi connectivity index (χ4n) is 8.67. The van der Waals surface area contributed by atoms with E-state index in [2.05, 4.69) is 13.8 Å². The summed E-state index contributed by atoms with van der Waals surface area (Å²) in [5.41, 5.74) is -0.903. The lowest BCUT2D eigenvalue weighted by molar-refractivity contribution is -0.205. The van der Waals surface area contributed by atoms with Crippen LogP contribution in [0, 0.1) is 28.6 Å². The van der Waals surface area contributed by atoms with E-state index in [0.29, 0.717) is 18.3 Å². The fourth-order valence-corrected chi connectivity index (χ4v) is 8.67. The number of hydrogen-bond donors (Lipinski definition) is 2. The number of esters is 1. The Labute approximate surface area is 189 Å². The lowest BCUT2D eigenvalue weighted by atomic mass is 9.43. The zero-order chi connectivity index (χ0) is 22.9. The summed E-state index contributed by atoms with van der Waals surface area (Å²) >= 11 is 0. The maximum atomic E-state index is 12.5. The van der Waals surface area contributed by atoms with Crippen LogP contribution in [0.25, 0.3) is 0 Å². The number of carbonyl (C=O) groups excluding carboxylic acids is 1. The summed E-state index contributed by atoms with van der Waals surface area (Å²) in [4.78, 5) is 23.6. The van der Waals surface area contributed by atoms with Gasteiger partial charge in [-0.2, -0.15) is 0 Å². The van der Waals surface area contributed by atoms with Crippen LogP contribution < -0.4 is 5.63 Å². The molecule has 0 saturated heterocycles. The third-order valence-corrected chi connectivity index (χ3v) is 10.2. The molecule has 4 fully saturated rings. The Kier molecular flexibility index (Phi) is 5.14. The molecular formula is C26H36O6. The van der Waals surface area contributed by atoms with E-state index in [9.17, 15) is 19.8 Å². The molecule has 1 aromatic heterocycles. The second kappa shape index (κ2) is 7.42. The summed E-state index contributed by atoms with van der Waals surface area (Å²) in [6, 6.07) is 3.17. The van der Waals surface area contributed by atoms with Crippen molar-refractivity contribution in [2.24, 2.45) is 28.6 Å². The molecule has 0 aromatic carbocycles. The predicted octanol–water partition coefficient (Wildman–Crippen LogP) is 3.78. The molecule has 6 heteroatoms. The maximum absolute atomic E-state index is 12.5. The molecule has 1 heterocycles. The molecule has 2 N–H and O–H groups in total. The van der Waals surface area contributed by atoms with Crippen LogP contribution in [0.1, 0.15) is 83.6 Å². The molecule has 4 aliphatic carbocycles. The summed E-state index contributed by atoms with van der Waals surface area (Å²) < 4.78 is 11.0. The Bertz CT molecular complexity index is 935. The van der Waals surface area contributed by atoms with E-state index in [-0.39, 0.29) is 29.3 Å². The normalized spacial score (nSPS) is 47.8. The molecule has 32 heavy (non-hydrogen) atoms. The smallest absolute Gasteiger partial charge is 0.335 e. The van der Waals surface area contributed by atoms with Gasteiger partial charge in [-0.3, -0.25) is 4.79 Å². The quantitative estimate of drug-likeness (QED) is 0.674. The fraction of sp³-hybridized carbons (Fsp3) is 0.769. The molecule has 1 aromatic rings. The van der Waals surface area contributed by atoms with Gasteiger partial charge in [0.05, 0.1) is 18.0 Å². The summed E-state index contributed by atoms with van der Waals surface area (Å²) in [7, 11) is 0. The standard InChI is InChI=1S/C26H36O6/c1-15(27)32-21-13-26(30)20-6-5-17-12-18(28)8-10-24(17,2)19(20)9-11-25(26,3)23(21)16-4-7-22(29)31-14-16/h4,7,14,17-21,23,28,30H,5-6,8-13H2,1-3H3/t17-,18+,19?,20-,21+,23+,24+,25-,26+/m1/s1. The van der Waals surface area contributed by atoms with Gasteiger partial charge in [0, 0.05) is 30.7 Å². The third kappa shape index (κ3) is 3.05.